The van der Waals surface area contributed by atoms with E-state index in [0.29, 0.717) is 25.4 Å². The van der Waals surface area contributed by atoms with Gasteiger partial charge in [0.2, 0.25) is 0 Å². The second-order valence-electron chi connectivity index (χ2n) is 6.76. The molecule has 0 heterocycles. The van der Waals surface area contributed by atoms with Crippen LogP contribution in [-0.2, 0) is 18.4 Å². The van der Waals surface area contributed by atoms with Crippen molar-refractivity contribution in [1.29, 1.82) is 0 Å². The van der Waals surface area contributed by atoms with Crippen molar-refractivity contribution >= 4 is 14.6 Å². The first-order chi connectivity index (χ1) is 11.3. The Morgan fingerprint density at radius 3 is 2.42 bits per heavy atom. The molecule has 140 valence electrons. The number of carboxylic acids is 1. The van der Waals surface area contributed by atoms with E-state index < -0.39 is 14.6 Å². The van der Waals surface area contributed by atoms with Crippen LogP contribution in [0.25, 0.3) is 0 Å². The average Bonchev–Trinajstić information content (AvgIpc) is 2.45. The van der Waals surface area contributed by atoms with Crippen LogP contribution in [0.5, 0.6) is 0 Å². The molecule has 1 aliphatic carbocycles. The van der Waals surface area contributed by atoms with E-state index in [2.05, 4.69) is 20.8 Å². The van der Waals surface area contributed by atoms with Gasteiger partial charge in [0.05, 0.1) is 0 Å². The van der Waals surface area contributed by atoms with Gasteiger partial charge in [0.25, 0.3) is 0 Å². The van der Waals surface area contributed by atoms with Crippen molar-refractivity contribution in [3.8, 4) is 0 Å². The predicted molar refractivity (Wildman–Crippen MR) is 99.3 cm³/mol. The van der Waals surface area contributed by atoms with Crippen LogP contribution < -0.4 is 0 Å². The molecule has 0 aromatic rings. The Morgan fingerprint density at radius 1 is 1.29 bits per heavy atom. The summed E-state index contributed by atoms with van der Waals surface area (Å²) in [6, 6.07) is 0. The summed E-state index contributed by atoms with van der Waals surface area (Å²) in [6.07, 6.45) is 6.05. The molecule has 0 fully saturated rings. The molecule has 0 aromatic heterocycles. The number of aliphatic carboxylic acids is 1. The first-order valence-electron chi connectivity index (χ1n) is 8.82. The van der Waals surface area contributed by atoms with Gasteiger partial charge in [-0.1, -0.05) is 0 Å². The summed E-state index contributed by atoms with van der Waals surface area (Å²) in [6.45, 7) is 11.5. The molecule has 0 atom stereocenters. The van der Waals surface area contributed by atoms with Gasteiger partial charge in [-0.2, -0.15) is 0 Å². The van der Waals surface area contributed by atoms with Gasteiger partial charge >= 0.3 is 146 Å². The van der Waals surface area contributed by atoms with Gasteiger partial charge in [-0.3, -0.25) is 0 Å². The number of hydrogen-bond donors (Lipinski definition) is 1. The Labute approximate surface area is 147 Å². The summed E-state index contributed by atoms with van der Waals surface area (Å²) in [5.74, 6) is -0.554. The number of rotatable bonds is 10. The molecule has 0 unspecified atom stereocenters. The quantitative estimate of drug-likeness (QED) is 0.256. The molecule has 0 amide bonds. The number of carboxylic acid groups (broad SMARTS) is 1. The molecule has 1 aliphatic rings. The Hall–Kier alpha value is -0.900. The van der Waals surface area contributed by atoms with E-state index in [9.17, 15) is 4.79 Å². The molecule has 0 bridgehead atoms. The van der Waals surface area contributed by atoms with E-state index in [1.807, 2.05) is 13.8 Å². The normalized spacial score (nSPS) is 18.5. The SMILES string of the molecule is CCO[PH2](OCC)O/C(=C/C(=O)O)CCC1=C(C)CCCC1(C)C. The molecule has 24 heavy (non-hydrogen) atoms. The third-order valence-corrected chi connectivity index (χ3v) is 6.15. The van der Waals surface area contributed by atoms with Gasteiger partial charge in [0.1, 0.15) is 0 Å². The molecule has 6 heteroatoms. The molecule has 0 radical (unpaired) electrons. The van der Waals surface area contributed by atoms with Crippen LogP contribution in [0.15, 0.2) is 23.0 Å². The molecule has 0 aliphatic heterocycles. The van der Waals surface area contributed by atoms with E-state index in [1.165, 1.54) is 24.0 Å². The molecule has 5 nitrogen and oxygen atoms in total. The van der Waals surface area contributed by atoms with Crippen LogP contribution in [0.4, 0.5) is 0 Å². The Bertz CT molecular complexity index is 476. The van der Waals surface area contributed by atoms with Crippen molar-refractivity contribution in [3.05, 3.63) is 23.0 Å². The molecule has 0 aromatic carbocycles. The van der Waals surface area contributed by atoms with E-state index in [0.717, 1.165) is 18.9 Å². The fourth-order valence-corrected chi connectivity index (χ4v) is 4.50. The second kappa shape index (κ2) is 10.2. The fourth-order valence-electron chi connectivity index (χ4n) is 3.29. The summed E-state index contributed by atoms with van der Waals surface area (Å²) in [4.78, 5) is 11.1. The topological polar surface area (TPSA) is 65.0 Å². The summed E-state index contributed by atoms with van der Waals surface area (Å²) >= 11 is 0. The molecule has 0 saturated carbocycles. The van der Waals surface area contributed by atoms with Gasteiger partial charge < -0.3 is 0 Å². The zero-order valence-electron chi connectivity index (χ0n) is 15.7. The van der Waals surface area contributed by atoms with E-state index in [-0.39, 0.29) is 5.41 Å². The first kappa shape index (κ1) is 21.1. The second-order valence-corrected chi connectivity index (χ2v) is 8.24. The zero-order valence-corrected chi connectivity index (χ0v) is 16.8. The van der Waals surface area contributed by atoms with Gasteiger partial charge in [-0.15, -0.1) is 0 Å². The van der Waals surface area contributed by atoms with Crippen LogP contribution in [0, 0.1) is 5.41 Å². The van der Waals surface area contributed by atoms with Gasteiger partial charge in [0, 0.05) is 0 Å². The van der Waals surface area contributed by atoms with Crippen molar-refractivity contribution in [2.45, 2.75) is 66.7 Å². The van der Waals surface area contributed by atoms with Crippen molar-refractivity contribution < 1.29 is 23.5 Å². The van der Waals surface area contributed by atoms with Crippen molar-refractivity contribution in [1.82, 2.24) is 0 Å². The molecular formula is C18H33O5P. The van der Waals surface area contributed by atoms with E-state index in [4.69, 9.17) is 18.7 Å². The minimum atomic E-state index is -2.32. The van der Waals surface area contributed by atoms with Gasteiger partial charge in [0.15, 0.2) is 0 Å². The summed E-state index contributed by atoms with van der Waals surface area (Å²) in [7, 11) is -2.32. The summed E-state index contributed by atoms with van der Waals surface area (Å²) in [5, 5.41) is 9.11. The van der Waals surface area contributed by atoms with Gasteiger partial charge in [-0.05, 0) is 0 Å². The monoisotopic (exact) mass is 360 g/mol. The fraction of sp³-hybridized carbons (Fsp3) is 0.722. The van der Waals surface area contributed by atoms with Gasteiger partial charge in [-0.25, -0.2) is 0 Å². The third-order valence-electron chi connectivity index (χ3n) is 4.44. The Balaban J connectivity index is 2.81. The maximum absolute atomic E-state index is 11.1. The van der Waals surface area contributed by atoms with Crippen molar-refractivity contribution in [2.24, 2.45) is 5.41 Å². The standard InChI is InChI=1S/C18H33O5P/c1-6-21-24(22-7-2)23-15(13-17(19)20)10-11-16-14(3)9-8-12-18(16,4)5/h13H,6-12,24H2,1-5H3,(H,19,20)/b15-13+. The predicted octanol–water partition coefficient (Wildman–Crippen LogP) is 5.04. The average molecular weight is 360 g/mol. The zero-order chi connectivity index (χ0) is 18.2. The number of allylic oxidation sites excluding steroid dienone is 3. The van der Waals surface area contributed by atoms with Crippen LogP contribution in [0.1, 0.15) is 66.7 Å². The number of hydrogen-bond acceptors (Lipinski definition) is 4. The molecule has 1 N–H and O–H groups in total. The Kier molecular flexibility index (Phi) is 8.96. The summed E-state index contributed by atoms with van der Waals surface area (Å²) < 4.78 is 16.8. The van der Waals surface area contributed by atoms with Crippen LogP contribution in [-0.4, -0.2) is 24.3 Å². The third kappa shape index (κ3) is 6.92. The maximum atomic E-state index is 11.1. The summed E-state index contributed by atoms with van der Waals surface area (Å²) in [5.41, 5.74) is 3.04. The molecule has 1 rings (SSSR count). The molecule has 0 spiro atoms. The molecule has 0 saturated heterocycles. The van der Waals surface area contributed by atoms with Crippen molar-refractivity contribution in [2.75, 3.05) is 13.2 Å². The number of carbonyl (C=O) groups is 1. The van der Waals surface area contributed by atoms with E-state index >= 15 is 0 Å². The minimum absolute atomic E-state index is 0.174. The van der Waals surface area contributed by atoms with Crippen LogP contribution in [0.3, 0.4) is 0 Å². The first-order valence-corrected chi connectivity index (χ1v) is 10.2. The van der Waals surface area contributed by atoms with Crippen molar-refractivity contribution in [3.63, 3.8) is 0 Å². The molecular weight excluding hydrogens is 327 g/mol. The van der Waals surface area contributed by atoms with Crippen LogP contribution in [0.2, 0.25) is 0 Å². The van der Waals surface area contributed by atoms with Crippen LogP contribution >= 0.6 is 8.60 Å². The van der Waals surface area contributed by atoms with E-state index in [1.54, 1.807) is 0 Å². The Morgan fingerprint density at radius 2 is 1.92 bits per heavy atom.